The minimum absolute atomic E-state index is 0.383. The summed E-state index contributed by atoms with van der Waals surface area (Å²) in [6.07, 6.45) is 2.91. The molecule has 122 valence electrons. The summed E-state index contributed by atoms with van der Waals surface area (Å²) < 4.78 is 29.3. The van der Waals surface area contributed by atoms with E-state index in [2.05, 4.69) is 31.3 Å². The van der Waals surface area contributed by atoms with Gasteiger partial charge in [-0.3, -0.25) is 4.68 Å². The van der Waals surface area contributed by atoms with E-state index in [-0.39, 0.29) is 6.54 Å². The van der Waals surface area contributed by atoms with E-state index in [1.807, 2.05) is 29.8 Å². The van der Waals surface area contributed by atoms with Crippen LogP contribution >= 0.6 is 15.9 Å². The van der Waals surface area contributed by atoms with Crippen LogP contribution in [0.1, 0.15) is 17.0 Å². The van der Waals surface area contributed by atoms with Gasteiger partial charge in [0.15, 0.2) is 0 Å². The maximum atomic E-state index is 12.5. The van der Waals surface area contributed by atoms with Gasteiger partial charge in [0, 0.05) is 30.0 Å². The van der Waals surface area contributed by atoms with Gasteiger partial charge in [0.25, 0.3) is 6.43 Å². The Morgan fingerprint density at radius 1 is 1.30 bits per heavy atom. The predicted octanol–water partition coefficient (Wildman–Crippen LogP) is 3.16. The van der Waals surface area contributed by atoms with E-state index in [9.17, 15) is 8.78 Å². The van der Waals surface area contributed by atoms with E-state index in [4.69, 9.17) is 0 Å². The minimum Gasteiger partial charge on any atom is -0.306 e. The van der Waals surface area contributed by atoms with Crippen LogP contribution in [0.4, 0.5) is 8.78 Å². The van der Waals surface area contributed by atoms with Crippen molar-refractivity contribution >= 4 is 21.6 Å². The number of hydrogen-bond donors (Lipinski definition) is 1. The lowest BCUT2D eigenvalue weighted by molar-refractivity contribution is 0.120. The second-order valence-corrected chi connectivity index (χ2v) is 6.20. The van der Waals surface area contributed by atoms with Gasteiger partial charge in [-0.15, -0.1) is 0 Å². The molecule has 0 bridgehead atoms. The van der Waals surface area contributed by atoms with Crippen LogP contribution in [0, 0.1) is 6.92 Å². The smallest absolute Gasteiger partial charge is 0.257 e. The summed E-state index contributed by atoms with van der Waals surface area (Å²) in [5.41, 5.74) is 3.73. The van der Waals surface area contributed by atoms with Crippen LogP contribution < -0.4 is 5.32 Å². The Morgan fingerprint density at radius 2 is 2.09 bits per heavy atom. The SMILES string of the molecule is Cc1cc(Br)cn2c(CNCc3ccnn3CC(F)F)cnc12. The third kappa shape index (κ3) is 3.59. The first-order valence-electron chi connectivity index (χ1n) is 7.16. The predicted molar refractivity (Wildman–Crippen MR) is 86.4 cm³/mol. The first kappa shape index (κ1) is 16.1. The molecule has 0 aromatic carbocycles. The molecule has 0 amide bonds. The molecule has 0 aliphatic carbocycles. The molecule has 0 saturated carbocycles. The number of imidazole rings is 1. The molecular formula is C15H16BrF2N5. The maximum Gasteiger partial charge on any atom is 0.257 e. The fraction of sp³-hybridized carbons (Fsp3) is 0.333. The van der Waals surface area contributed by atoms with E-state index >= 15 is 0 Å². The van der Waals surface area contributed by atoms with Gasteiger partial charge >= 0.3 is 0 Å². The summed E-state index contributed by atoms with van der Waals surface area (Å²) in [5.74, 6) is 0. The first-order chi connectivity index (χ1) is 11.0. The van der Waals surface area contributed by atoms with E-state index < -0.39 is 6.43 Å². The summed E-state index contributed by atoms with van der Waals surface area (Å²) in [5, 5.41) is 7.17. The number of hydrogen-bond acceptors (Lipinski definition) is 3. The van der Waals surface area contributed by atoms with Crippen LogP contribution in [0.3, 0.4) is 0 Å². The molecule has 0 spiro atoms. The molecule has 0 fully saturated rings. The monoisotopic (exact) mass is 383 g/mol. The summed E-state index contributed by atoms with van der Waals surface area (Å²) in [6.45, 7) is 2.67. The molecule has 0 unspecified atom stereocenters. The number of halogens is 3. The molecule has 0 aliphatic rings. The van der Waals surface area contributed by atoms with Gasteiger partial charge < -0.3 is 9.72 Å². The van der Waals surface area contributed by atoms with Crippen LogP contribution in [0.5, 0.6) is 0 Å². The number of rotatable bonds is 6. The maximum absolute atomic E-state index is 12.5. The van der Waals surface area contributed by atoms with Gasteiger partial charge in [-0.05, 0) is 40.5 Å². The molecule has 5 nitrogen and oxygen atoms in total. The Kier molecular flexibility index (Phi) is 4.72. The van der Waals surface area contributed by atoms with Gasteiger partial charge in [0.1, 0.15) is 12.2 Å². The molecule has 8 heteroatoms. The van der Waals surface area contributed by atoms with Crippen molar-refractivity contribution in [3.8, 4) is 0 Å². The zero-order valence-corrected chi connectivity index (χ0v) is 14.1. The number of aryl methyl sites for hydroxylation is 1. The number of aromatic nitrogens is 4. The Labute approximate surface area is 140 Å². The van der Waals surface area contributed by atoms with Crippen molar-refractivity contribution in [3.05, 3.63) is 52.1 Å². The lowest BCUT2D eigenvalue weighted by Gasteiger charge is -2.09. The van der Waals surface area contributed by atoms with Crippen molar-refractivity contribution in [1.29, 1.82) is 0 Å². The van der Waals surface area contributed by atoms with Gasteiger partial charge in [-0.2, -0.15) is 5.10 Å². The molecular weight excluding hydrogens is 368 g/mol. The molecule has 1 N–H and O–H groups in total. The van der Waals surface area contributed by atoms with Crippen LogP contribution in [0.15, 0.2) is 35.2 Å². The number of pyridine rings is 1. The van der Waals surface area contributed by atoms with Gasteiger partial charge in [0.05, 0.1) is 17.6 Å². The highest BCUT2D eigenvalue weighted by Gasteiger charge is 2.10. The van der Waals surface area contributed by atoms with Crippen LogP contribution in [0.2, 0.25) is 0 Å². The largest absolute Gasteiger partial charge is 0.306 e. The van der Waals surface area contributed by atoms with E-state index in [0.29, 0.717) is 13.1 Å². The van der Waals surface area contributed by atoms with Crippen molar-refractivity contribution in [2.45, 2.75) is 33.0 Å². The van der Waals surface area contributed by atoms with E-state index in [0.717, 1.165) is 27.1 Å². The molecule has 0 radical (unpaired) electrons. The Bertz CT molecular complexity index is 811. The number of nitrogens with one attached hydrogen (secondary N) is 1. The molecule has 0 aliphatic heterocycles. The average molecular weight is 384 g/mol. The number of fused-ring (bicyclic) bond motifs is 1. The topological polar surface area (TPSA) is 47.1 Å². The Hall–Kier alpha value is -1.80. The highest BCUT2D eigenvalue weighted by atomic mass is 79.9. The first-order valence-corrected chi connectivity index (χ1v) is 7.95. The van der Waals surface area contributed by atoms with Gasteiger partial charge in [-0.25, -0.2) is 13.8 Å². The van der Waals surface area contributed by atoms with Crippen molar-refractivity contribution in [2.75, 3.05) is 0 Å². The standard InChI is InChI=1S/C15H16BrF2N5/c1-10-4-11(16)8-22-13(7-20-15(10)22)6-19-5-12-2-3-21-23(12)9-14(17)18/h2-4,7-8,14,19H,5-6,9H2,1H3. The quantitative estimate of drug-likeness (QED) is 0.711. The number of alkyl halides is 2. The molecule has 3 rings (SSSR count). The fourth-order valence-electron chi connectivity index (χ4n) is 2.52. The normalized spacial score (nSPS) is 11.7. The fourth-order valence-corrected chi connectivity index (χ4v) is 3.07. The summed E-state index contributed by atoms with van der Waals surface area (Å²) in [7, 11) is 0. The van der Waals surface area contributed by atoms with Crippen LogP contribution in [0.25, 0.3) is 5.65 Å². The molecule has 3 heterocycles. The lowest BCUT2D eigenvalue weighted by atomic mass is 10.3. The van der Waals surface area contributed by atoms with E-state index in [1.54, 1.807) is 6.07 Å². The molecule has 3 aromatic heterocycles. The van der Waals surface area contributed by atoms with Gasteiger partial charge in [-0.1, -0.05) is 0 Å². The third-order valence-electron chi connectivity index (χ3n) is 3.56. The highest BCUT2D eigenvalue weighted by molar-refractivity contribution is 9.10. The zero-order chi connectivity index (χ0) is 16.4. The summed E-state index contributed by atoms with van der Waals surface area (Å²) in [4.78, 5) is 4.42. The molecule has 0 saturated heterocycles. The molecule has 3 aromatic rings. The average Bonchev–Trinajstić information content (AvgIpc) is 3.06. The second kappa shape index (κ2) is 6.76. The van der Waals surface area contributed by atoms with Crippen molar-refractivity contribution < 1.29 is 8.78 Å². The molecule has 0 atom stereocenters. The van der Waals surface area contributed by atoms with Crippen molar-refractivity contribution in [1.82, 2.24) is 24.5 Å². The minimum atomic E-state index is -2.41. The zero-order valence-electron chi connectivity index (χ0n) is 12.5. The summed E-state index contributed by atoms with van der Waals surface area (Å²) >= 11 is 3.48. The second-order valence-electron chi connectivity index (χ2n) is 5.28. The Morgan fingerprint density at radius 3 is 2.87 bits per heavy atom. The van der Waals surface area contributed by atoms with Crippen molar-refractivity contribution in [3.63, 3.8) is 0 Å². The highest BCUT2D eigenvalue weighted by Crippen LogP contribution is 2.18. The lowest BCUT2D eigenvalue weighted by Crippen LogP contribution is -2.19. The van der Waals surface area contributed by atoms with Crippen molar-refractivity contribution in [2.24, 2.45) is 0 Å². The van der Waals surface area contributed by atoms with Crippen LogP contribution in [-0.2, 0) is 19.6 Å². The molecule has 23 heavy (non-hydrogen) atoms. The van der Waals surface area contributed by atoms with Gasteiger partial charge in [0.2, 0.25) is 0 Å². The Balaban J connectivity index is 1.69. The summed E-state index contributed by atoms with van der Waals surface area (Å²) in [6, 6.07) is 3.76. The number of nitrogens with zero attached hydrogens (tertiary/aromatic N) is 4. The third-order valence-corrected chi connectivity index (χ3v) is 3.99. The van der Waals surface area contributed by atoms with Crippen LogP contribution in [-0.4, -0.2) is 25.6 Å². The van der Waals surface area contributed by atoms with E-state index in [1.165, 1.54) is 10.9 Å².